The van der Waals surface area contributed by atoms with Crippen LogP contribution in [-0.4, -0.2) is 10.6 Å². The van der Waals surface area contributed by atoms with E-state index in [-0.39, 0.29) is 23.0 Å². The molecule has 0 aliphatic heterocycles. The molecule has 0 saturated carbocycles. The Labute approximate surface area is 171 Å². The number of benzene rings is 2. The van der Waals surface area contributed by atoms with Gasteiger partial charge in [-0.1, -0.05) is 48.0 Å². The Balaban J connectivity index is 1.63. The summed E-state index contributed by atoms with van der Waals surface area (Å²) in [6.45, 7) is 4.33. The molecule has 1 aliphatic carbocycles. The number of hydrogen-bond donors (Lipinski definition) is 2. The quantitative estimate of drug-likeness (QED) is 0.605. The van der Waals surface area contributed by atoms with E-state index in [1.807, 2.05) is 30.3 Å². The number of hydrogen-bond acceptors (Lipinski definition) is 2. The number of rotatable bonds is 2. The number of aromatic nitrogens is 1. The molecule has 1 aromatic heterocycles. The molecule has 0 saturated heterocycles. The van der Waals surface area contributed by atoms with Gasteiger partial charge in [-0.15, -0.1) is 0 Å². The number of carbonyl (C=O) groups excluding carboxylic acids is 1. The summed E-state index contributed by atoms with van der Waals surface area (Å²) >= 11 is 3.63. The molecule has 0 radical (unpaired) electrons. The van der Waals surface area contributed by atoms with Crippen molar-refractivity contribution in [1.29, 1.82) is 0 Å². The van der Waals surface area contributed by atoms with Crippen molar-refractivity contribution in [2.45, 2.75) is 26.3 Å². The molecule has 28 heavy (non-hydrogen) atoms. The first-order valence-electron chi connectivity index (χ1n) is 9.21. The maximum absolute atomic E-state index is 12.8. The molecular weight excluding hydrogens is 418 g/mol. The van der Waals surface area contributed by atoms with Gasteiger partial charge in [-0.05, 0) is 47.2 Å². The van der Waals surface area contributed by atoms with Crippen LogP contribution in [0.1, 0.15) is 31.0 Å². The van der Waals surface area contributed by atoms with Crippen LogP contribution in [0.3, 0.4) is 0 Å². The Morgan fingerprint density at radius 2 is 1.89 bits per heavy atom. The number of amides is 2. The average molecular weight is 440 g/mol. The lowest BCUT2D eigenvalue weighted by Crippen LogP contribution is -2.38. The van der Waals surface area contributed by atoms with Gasteiger partial charge in [0, 0.05) is 23.0 Å². The van der Waals surface area contributed by atoms with Crippen LogP contribution in [0.15, 0.2) is 57.8 Å². The zero-order valence-corrected chi connectivity index (χ0v) is 17.6. The number of nitrogens with one attached hydrogen (secondary N) is 2. The molecule has 1 aliphatic rings. The van der Waals surface area contributed by atoms with Crippen LogP contribution in [0.5, 0.6) is 0 Å². The SMILES string of the molecule is Cn1c(=O)ccc2c(NC(=O)NC3c4cccc(Br)c4CC3(C)C)cccc21. The van der Waals surface area contributed by atoms with E-state index in [1.165, 1.54) is 11.6 Å². The van der Waals surface area contributed by atoms with Crippen LogP contribution in [-0.2, 0) is 13.5 Å². The fraction of sp³-hybridized carbons (Fsp3) is 0.273. The Bertz CT molecular complexity index is 1150. The monoisotopic (exact) mass is 439 g/mol. The zero-order valence-electron chi connectivity index (χ0n) is 16.0. The second-order valence-electron chi connectivity index (χ2n) is 7.97. The highest BCUT2D eigenvalue weighted by atomic mass is 79.9. The van der Waals surface area contributed by atoms with E-state index in [1.54, 1.807) is 17.7 Å². The molecule has 1 heterocycles. The van der Waals surface area contributed by atoms with Gasteiger partial charge in [0.1, 0.15) is 0 Å². The molecular formula is C22H22BrN3O2. The summed E-state index contributed by atoms with van der Waals surface area (Å²) in [5.41, 5.74) is 3.68. The molecule has 1 unspecified atom stereocenters. The van der Waals surface area contributed by atoms with E-state index >= 15 is 0 Å². The third-order valence-electron chi connectivity index (χ3n) is 5.57. The summed E-state index contributed by atoms with van der Waals surface area (Å²) < 4.78 is 2.66. The van der Waals surface area contributed by atoms with Crippen molar-refractivity contribution in [1.82, 2.24) is 9.88 Å². The maximum Gasteiger partial charge on any atom is 0.319 e. The first kappa shape index (κ1) is 18.7. The predicted molar refractivity (Wildman–Crippen MR) is 116 cm³/mol. The van der Waals surface area contributed by atoms with Crippen LogP contribution in [0.4, 0.5) is 10.5 Å². The Morgan fingerprint density at radius 1 is 1.14 bits per heavy atom. The Morgan fingerprint density at radius 3 is 2.68 bits per heavy atom. The fourth-order valence-corrected chi connectivity index (χ4v) is 4.61. The normalized spacial score (nSPS) is 17.4. The number of nitrogens with zero attached hydrogens (tertiary/aromatic N) is 1. The van der Waals surface area contributed by atoms with Crippen molar-refractivity contribution < 1.29 is 4.79 Å². The van der Waals surface area contributed by atoms with Gasteiger partial charge in [0.2, 0.25) is 0 Å². The van der Waals surface area contributed by atoms with E-state index in [0.717, 1.165) is 27.4 Å². The molecule has 3 aromatic rings. The topological polar surface area (TPSA) is 63.1 Å². The number of pyridine rings is 1. The first-order chi connectivity index (χ1) is 13.3. The summed E-state index contributed by atoms with van der Waals surface area (Å²) in [4.78, 5) is 24.7. The summed E-state index contributed by atoms with van der Waals surface area (Å²) in [6.07, 6.45) is 0.894. The van der Waals surface area contributed by atoms with Crippen molar-refractivity contribution in [3.63, 3.8) is 0 Å². The minimum atomic E-state index is -0.257. The van der Waals surface area contributed by atoms with Gasteiger partial charge in [-0.3, -0.25) is 4.79 Å². The minimum absolute atomic E-state index is 0.0796. The van der Waals surface area contributed by atoms with Crippen LogP contribution in [0.25, 0.3) is 10.9 Å². The first-order valence-corrected chi connectivity index (χ1v) is 10.0. The zero-order chi connectivity index (χ0) is 20.1. The number of aryl methyl sites for hydroxylation is 1. The fourth-order valence-electron chi connectivity index (χ4n) is 4.09. The van der Waals surface area contributed by atoms with Gasteiger partial charge in [0.15, 0.2) is 0 Å². The highest BCUT2D eigenvalue weighted by molar-refractivity contribution is 9.10. The van der Waals surface area contributed by atoms with E-state index in [2.05, 4.69) is 46.5 Å². The number of anilines is 1. The lowest BCUT2D eigenvalue weighted by Gasteiger charge is -2.28. The third kappa shape index (κ3) is 3.11. The molecule has 5 nitrogen and oxygen atoms in total. The molecule has 1 atom stereocenters. The molecule has 0 bridgehead atoms. The highest BCUT2D eigenvalue weighted by Crippen LogP contribution is 2.47. The smallest absolute Gasteiger partial charge is 0.319 e. The Hall–Kier alpha value is -2.60. The van der Waals surface area contributed by atoms with Crippen LogP contribution in [0, 0.1) is 5.41 Å². The standard InChI is InChI=1S/C22H22BrN3O2/c1-22(2)12-15-13(6-4-7-16(15)23)20(22)25-21(28)24-17-8-5-9-18-14(17)10-11-19(27)26(18)3/h4-11,20H,12H2,1-3H3,(H2,24,25,28). The highest BCUT2D eigenvalue weighted by Gasteiger charge is 2.40. The summed E-state index contributed by atoms with van der Waals surface area (Å²) in [5, 5.41) is 6.94. The molecule has 144 valence electrons. The van der Waals surface area contributed by atoms with E-state index < -0.39 is 0 Å². The predicted octanol–water partition coefficient (Wildman–Crippen LogP) is 4.75. The third-order valence-corrected chi connectivity index (χ3v) is 6.31. The van der Waals surface area contributed by atoms with Crippen molar-refractivity contribution in [3.8, 4) is 0 Å². The molecule has 0 fully saturated rings. The van der Waals surface area contributed by atoms with E-state index in [9.17, 15) is 9.59 Å². The van der Waals surface area contributed by atoms with Crippen LogP contribution < -0.4 is 16.2 Å². The molecule has 4 rings (SSSR count). The van der Waals surface area contributed by atoms with Crippen LogP contribution >= 0.6 is 15.9 Å². The maximum atomic E-state index is 12.8. The van der Waals surface area contributed by atoms with Crippen molar-refractivity contribution >= 4 is 38.6 Å². The molecule has 0 spiro atoms. The number of fused-ring (bicyclic) bond motifs is 2. The molecule has 6 heteroatoms. The lowest BCUT2D eigenvalue weighted by molar-refractivity contribution is 0.229. The summed E-state index contributed by atoms with van der Waals surface area (Å²) in [5.74, 6) is 0. The van der Waals surface area contributed by atoms with Crippen molar-refractivity contribution in [2.75, 3.05) is 5.32 Å². The van der Waals surface area contributed by atoms with Gasteiger partial charge < -0.3 is 15.2 Å². The van der Waals surface area contributed by atoms with Crippen LogP contribution in [0.2, 0.25) is 0 Å². The van der Waals surface area contributed by atoms with Gasteiger partial charge in [0.05, 0.1) is 17.2 Å². The van der Waals surface area contributed by atoms with Crippen molar-refractivity contribution in [2.24, 2.45) is 12.5 Å². The van der Waals surface area contributed by atoms with E-state index in [0.29, 0.717) is 5.69 Å². The number of carbonyl (C=O) groups is 1. The second-order valence-corrected chi connectivity index (χ2v) is 8.83. The average Bonchev–Trinajstić information content (AvgIpc) is 2.90. The minimum Gasteiger partial charge on any atom is -0.331 e. The Kier molecular flexibility index (Phi) is 4.54. The number of halogens is 1. The van der Waals surface area contributed by atoms with Gasteiger partial charge in [-0.25, -0.2) is 4.79 Å². The summed E-state index contributed by atoms with van der Waals surface area (Å²) in [6, 6.07) is 14.6. The van der Waals surface area contributed by atoms with Gasteiger partial charge in [0.25, 0.3) is 5.56 Å². The molecule has 2 amide bonds. The van der Waals surface area contributed by atoms with Gasteiger partial charge in [-0.2, -0.15) is 0 Å². The van der Waals surface area contributed by atoms with E-state index in [4.69, 9.17) is 0 Å². The second kappa shape index (κ2) is 6.78. The molecule has 2 aromatic carbocycles. The lowest BCUT2D eigenvalue weighted by atomic mass is 9.85. The molecule has 2 N–H and O–H groups in total. The summed E-state index contributed by atoms with van der Waals surface area (Å²) in [7, 11) is 1.73. The largest absolute Gasteiger partial charge is 0.331 e. The number of urea groups is 1. The van der Waals surface area contributed by atoms with Crippen molar-refractivity contribution in [3.05, 3.63) is 74.5 Å². The van der Waals surface area contributed by atoms with Gasteiger partial charge >= 0.3 is 6.03 Å².